The fourth-order valence-corrected chi connectivity index (χ4v) is 2.39. The molecule has 1 aliphatic rings. The molecular formula is C13H11Cl2FN4O. The number of halogens is 3. The number of hydrogen-bond acceptors (Lipinski definition) is 5. The van der Waals surface area contributed by atoms with Gasteiger partial charge >= 0.3 is 6.01 Å². The molecule has 8 heteroatoms. The molecule has 1 aromatic carbocycles. The summed E-state index contributed by atoms with van der Waals surface area (Å²) >= 11 is 11.6. The highest BCUT2D eigenvalue weighted by molar-refractivity contribution is 6.30. The van der Waals surface area contributed by atoms with Crippen LogP contribution in [0.4, 0.5) is 10.3 Å². The molecule has 0 amide bonds. The predicted molar refractivity (Wildman–Crippen MR) is 77.8 cm³/mol. The van der Waals surface area contributed by atoms with E-state index >= 15 is 0 Å². The fraction of sp³-hybridized carbons (Fsp3) is 0.308. The second-order valence-corrected chi connectivity index (χ2v) is 5.30. The first kappa shape index (κ1) is 14.3. The first-order valence-electron chi connectivity index (χ1n) is 6.41. The van der Waals surface area contributed by atoms with Crippen molar-refractivity contribution in [3.63, 3.8) is 0 Å². The highest BCUT2D eigenvalue weighted by Crippen LogP contribution is 2.26. The molecule has 0 spiro atoms. The first-order valence-corrected chi connectivity index (χ1v) is 7.17. The minimum Gasteiger partial charge on any atom is -0.424 e. The Kier molecular flexibility index (Phi) is 4.07. The van der Waals surface area contributed by atoms with Gasteiger partial charge in [0, 0.05) is 19.2 Å². The Morgan fingerprint density at radius 3 is 2.57 bits per heavy atom. The van der Waals surface area contributed by atoms with Crippen LogP contribution in [-0.4, -0.2) is 28.0 Å². The maximum Gasteiger partial charge on any atom is 0.328 e. The van der Waals surface area contributed by atoms with Crippen LogP contribution in [0.25, 0.3) is 0 Å². The second kappa shape index (κ2) is 5.99. The Bertz CT molecular complexity index is 665. The molecule has 2 aromatic rings. The maximum absolute atomic E-state index is 13.1. The van der Waals surface area contributed by atoms with Crippen molar-refractivity contribution in [2.75, 3.05) is 18.0 Å². The van der Waals surface area contributed by atoms with Gasteiger partial charge in [0.2, 0.25) is 11.2 Å². The highest BCUT2D eigenvalue weighted by atomic mass is 35.5. The molecule has 1 fully saturated rings. The number of rotatable bonds is 3. The molecule has 0 N–H and O–H groups in total. The van der Waals surface area contributed by atoms with Crippen molar-refractivity contribution in [2.24, 2.45) is 0 Å². The van der Waals surface area contributed by atoms with Crippen LogP contribution in [0.15, 0.2) is 18.2 Å². The van der Waals surface area contributed by atoms with Crippen LogP contribution in [0.1, 0.15) is 12.8 Å². The zero-order chi connectivity index (χ0) is 14.8. The van der Waals surface area contributed by atoms with Crippen molar-refractivity contribution < 1.29 is 9.13 Å². The van der Waals surface area contributed by atoms with E-state index in [1.165, 1.54) is 18.2 Å². The summed E-state index contributed by atoms with van der Waals surface area (Å²) in [6.07, 6.45) is 2.18. The Labute approximate surface area is 130 Å². The van der Waals surface area contributed by atoms with Crippen molar-refractivity contribution >= 4 is 29.2 Å². The minimum absolute atomic E-state index is 0.0348. The summed E-state index contributed by atoms with van der Waals surface area (Å²) in [5.74, 6) is 0.294. The highest BCUT2D eigenvalue weighted by Gasteiger charge is 2.17. The normalized spacial score (nSPS) is 14.5. The van der Waals surface area contributed by atoms with Crippen molar-refractivity contribution in [3.8, 4) is 11.8 Å². The summed E-state index contributed by atoms with van der Waals surface area (Å²) in [6, 6.07) is 4.06. The molecule has 2 heterocycles. The van der Waals surface area contributed by atoms with Gasteiger partial charge in [0.1, 0.15) is 11.6 Å². The topological polar surface area (TPSA) is 51.1 Å². The van der Waals surface area contributed by atoms with E-state index in [-0.39, 0.29) is 16.3 Å². The van der Waals surface area contributed by atoms with E-state index in [0.717, 1.165) is 25.9 Å². The van der Waals surface area contributed by atoms with Gasteiger partial charge in [0.15, 0.2) is 0 Å². The Morgan fingerprint density at radius 1 is 1.10 bits per heavy atom. The van der Waals surface area contributed by atoms with Crippen LogP contribution in [0.3, 0.4) is 0 Å². The lowest BCUT2D eigenvalue weighted by atomic mass is 10.3. The molecule has 1 aromatic heterocycles. The average molecular weight is 329 g/mol. The smallest absolute Gasteiger partial charge is 0.328 e. The molecule has 110 valence electrons. The van der Waals surface area contributed by atoms with E-state index in [4.69, 9.17) is 27.9 Å². The molecule has 3 rings (SSSR count). The van der Waals surface area contributed by atoms with Crippen LogP contribution >= 0.6 is 23.2 Å². The van der Waals surface area contributed by atoms with Gasteiger partial charge in [-0.1, -0.05) is 11.6 Å². The third kappa shape index (κ3) is 3.33. The molecule has 1 aliphatic heterocycles. The quantitative estimate of drug-likeness (QED) is 0.859. The monoisotopic (exact) mass is 328 g/mol. The number of aromatic nitrogens is 3. The molecular weight excluding hydrogens is 318 g/mol. The van der Waals surface area contributed by atoms with E-state index in [2.05, 4.69) is 15.0 Å². The summed E-state index contributed by atoms with van der Waals surface area (Å²) in [4.78, 5) is 14.2. The van der Waals surface area contributed by atoms with E-state index in [0.29, 0.717) is 11.7 Å². The molecule has 0 atom stereocenters. The molecule has 0 unspecified atom stereocenters. The van der Waals surface area contributed by atoms with E-state index in [1.807, 2.05) is 4.90 Å². The Morgan fingerprint density at radius 2 is 1.86 bits per heavy atom. The lowest BCUT2D eigenvalue weighted by Crippen LogP contribution is -2.21. The van der Waals surface area contributed by atoms with Gasteiger partial charge < -0.3 is 9.64 Å². The summed E-state index contributed by atoms with van der Waals surface area (Å²) in [7, 11) is 0. The largest absolute Gasteiger partial charge is 0.424 e. The lowest BCUT2D eigenvalue weighted by Gasteiger charge is -2.15. The van der Waals surface area contributed by atoms with Crippen LogP contribution < -0.4 is 9.64 Å². The van der Waals surface area contributed by atoms with Crippen molar-refractivity contribution in [3.05, 3.63) is 34.3 Å². The number of benzene rings is 1. The van der Waals surface area contributed by atoms with Crippen molar-refractivity contribution in [2.45, 2.75) is 12.8 Å². The van der Waals surface area contributed by atoms with Crippen molar-refractivity contribution in [1.82, 2.24) is 15.0 Å². The standard InChI is InChI=1S/C13H11Cl2FN4O/c14-9-7-8(3-4-10(9)16)21-13-18-11(15)17-12(19-13)20-5-1-2-6-20/h3-4,7H,1-2,5-6H2. The van der Waals surface area contributed by atoms with Gasteiger partial charge in [0.05, 0.1) is 5.02 Å². The number of nitrogens with zero attached hydrogens (tertiary/aromatic N) is 4. The van der Waals surface area contributed by atoms with Gasteiger partial charge in [0.25, 0.3) is 0 Å². The lowest BCUT2D eigenvalue weighted by molar-refractivity contribution is 0.438. The van der Waals surface area contributed by atoms with Gasteiger partial charge in [-0.25, -0.2) is 4.39 Å². The fourth-order valence-electron chi connectivity index (χ4n) is 2.07. The molecule has 5 nitrogen and oxygen atoms in total. The first-order chi connectivity index (χ1) is 10.1. The second-order valence-electron chi connectivity index (χ2n) is 4.56. The third-order valence-electron chi connectivity index (χ3n) is 3.06. The number of anilines is 1. The van der Waals surface area contributed by atoms with Gasteiger partial charge in [-0.3, -0.25) is 0 Å². The summed E-state index contributed by atoms with van der Waals surface area (Å²) < 4.78 is 18.6. The molecule has 21 heavy (non-hydrogen) atoms. The molecule has 0 radical (unpaired) electrons. The molecule has 0 saturated carbocycles. The van der Waals surface area contributed by atoms with Crippen molar-refractivity contribution in [1.29, 1.82) is 0 Å². The molecule has 0 aliphatic carbocycles. The van der Waals surface area contributed by atoms with Gasteiger partial charge in [-0.05, 0) is 36.6 Å². The number of ether oxygens (including phenoxy) is 1. The van der Waals surface area contributed by atoms with Crippen LogP contribution in [0, 0.1) is 5.82 Å². The average Bonchev–Trinajstić information content (AvgIpc) is 2.96. The maximum atomic E-state index is 13.1. The van der Waals surface area contributed by atoms with Crippen LogP contribution in [-0.2, 0) is 0 Å². The van der Waals surface area contributed by atoms with E-state index < -0.39 is 5.82 Å². The third-order valence-corrected chi connectivity index (χ3v) is 3.52. The van der Waals surface area contributed by atoms with Crippen LogP contribution in [0.2, 0.25) is 10.3 Å². The SMILES string of the molecule is Fc1ccc(Oc2nc(Cl)nc(N3CCCC3)n2)cc1Cl. The summed E-state index contributed by atoms with van der Waals surface area (Å²) in [6.45, 7) is 1.75. The minimum atomic E-state index is -0.518. The zero-order valence-electron chi connectivity index (χ0n) is 10.9. The Hall–Kier alpha value is -1.66. The predicted octanol–water partition coefficient (Wildman–Crippen LogP) is 3.71. The van der Waals surface area contributed by atoms with E-state index in [9.17, 15) is 4.39 Å². The van der Waals surface area contributed by atoms with E-state index in [1.54, 1.807) is 0 Å². The van der Waals surface area contributed by atoms with Gasteiger partial charge in [-0.2, -0.15) is 15.0 Å². The molecule has 1 saturated heterocycles. The summed E-state index contributed by atoms with van der Waals surface area (Å²) in [5, 5.41) is 0.0162. The molecule has 0 bridgehead atoms. The van der Waals surface area contributed by atoms with Gasteiger partial charge in [-0.15, -0.1) is 0 Å². The zero-order valence-corrected chi connectivity index (χ0v) is 12.4. The van der Waals surface area contributed by atoms with Crippen LogP contribution in [0.5, 0.6) is 11.8 Å². The summed E-state index contributed by atoms with van der Waals surface area (Å²) in [5.41, 5.74) is 0. The Balaban J connectivity index is 1.85. The number of hydrogen-bond donors (Lipinski definition) is 0.